The number of thioether (sulfide) groups is 1. The van der Waals surface area contributed by atoms with E-state index in [1.54, 1.807) is 16.7 Å². The van der Waals surface area contributed by atoms with E-state index in [2.05, 4.69) is 83.3 Å². The topological polar surface area (TPSA) is 76.5 Å². The molecule has 2 atom stereocenters. The SMILES string of the molecule is Cc1ccc(-n2nc(C(C)(C)C)c3c2N(CC(=O)NCC2CCCO2)C(=O)CSC3c2ccccc2C)c(C)c1. The number of hydrogen-bond donors (Lipinski definition) is 1. The van der Waals surface area contributed by atoms with Crippen LogP contribution in [-0.4, -0.2) is 53.1 Å². The minimum absolute atomic E-state index is 0.0357. The third-order valence-corrected chi connectivity index (χ3v) is 8.94. The molecular weight excluding hydrogens is 520 g/mol. The molecule has 1 aromatic heterocycles. The number of aryl methyl sites for hydroxylation is 3. The summed E-state index contributed by atoms with van der Waals surface area (Å²) in [6.07, 6.45) is 1.99. The molecule has 2 unspecified atom stereocenters. The van der Waals surface area contributed by atoms with Gasteiger partial charge in [0.05, 0.1) is 28.5 Å². The Hall–Kier alpha value is -3.10. The van der Waals surface area contributed by atoms with E-state index in [1.165, 1.54) is 5.56 Å². The number of hydrogen-bond acceptors (Lipinski definition) is 5. The Morgan fingerprint density at radius 3 is 2.58 bits per heavy atom. The van der Waals surface area contributed by atoms with Gasteiger partial charge >= 0.3 is 0 Å². The number of nitrogens with one attached hydrogen (secondary N) is 1. The average Bonchev–Trinajstić information content (AvgIpc) is 3.53. The molecule has 1 fully saturated rings. The molecule has 8 heteroatoms. The molecule has 0 aliphatic carbocycles. The van der Waals surface area contributed by atoms with Crippen molar-refractivity contribution < 1.29 is 14.3 Å². The number of fused-ring (bicyclic) bond motifs is 1. The van der Waals surface area contributed by atoms with E-state index in [0.717, 1.165) is 53.1 Å². The highest BCUT2D eigenvalue weighted by molar-refractivity contribution is 8.00. The fourth-order valence-corrected chi connectivity index (χ4v) is 6.94. The predicted molar refractivity (Wildman–Crippen MR) is 162 cm³/mol. The normalized spacial score (nSPS) is 19.4. The zero-order valence-electron chi connectivity index (χ0n) is 24.4. The second-order valence-electron chi connectivity index (χ2n) is 12.0. The molecule has 0 radical (unpaired) electrons. The van der Waals surface area contributed by atoms with E-state index in [-0.39, 0.29) is 40.9 Å². The second-order valence-corrected chi connectivity index (χ2v) is 13.1. The first-order valence-corrected chi connectivity index (χ1v) is 15.2. The first-order valence-electron chi connectivity index (χ1n) is 14.1. The Morgan fingerprint density at radius 2 is 1.90 bits per heavy atom. The van der Waals surface area contributed by atoms with Crippen molar-refractivity contribution in [3.8, 4) is 5.69 Å². The lowest BCUT2D eigenvalue weighted by Gasteiger charge is -2.25. The van der Waals surface area contributed by atoms with Gasteiger partial charge in [0, 0.05) is 24.1 Å². The fraction of sp³-hybridized carbons (Fsp3) is 0.469. The minimum atomic E-state index is -0.295. The van der Waals surface area contributed by atoms with Crippen molar-refractivity contribution in [3.63, 3.8) is 0 Å². The lowest BCUT2D eigenvalue weighted by molar-refractivity contribution is -0.123. The quantitative estimate of drug-likeness (QED) is 0.427. The van der Waals surface area contributed by atoms with Gasteiger partial charge < -0.3 is 10.1 Å². The van der Waals surface area contributed by atoms with Gasteiger partial charge in [-0.3, -0.25) is 14.5 Å². The van der Waals surface area contributed by atoms with Crippen LogP contribution in [0.1, 0.15) is 72.4 Å². The van der Waals surface area contributed by atoms with Crippen LogP contribution in [0.5, 0.6) is 0 Å². The Bertz CT molecular complexity index is 1420. The van der Waals surface area contributed by atoms with Crippen LogP contribution in [0.4, 0.5) is 5.82 Å². The predicted octanol–water partition coefficient (Wildman–Crippen LogP) is 5.56. The summed E-state index contributed by atoms with van der Waals surface area (Å²) in [7, 11) is 0. The number of carbonyl (C=O) groups is 2. The van der Waals surface area contributed by atoms with Gasteiger partial charge in [-0.2, -0.15) is 5.10 Å². The third-order valence-electron chi connectivity index (χ3n) is 7.70. The van der Waals surface area contributed by atoms with Gasteiger partial charge in [-0.15, -0.1) is 11.8 Å². The van der Waals surface area contributed by atoms with Gasteiger partial charge in [-0.1, -0.05) is 62.7 Å². The van der Waals surface area contributed by atoms with E-state index in [4.69, 9.17) is 9.84 Å². The number of anilines is 1. The van der Waals surface area contributed by atoms with E-state index in [0.29, 0.717) is 12.4 Å². The van der Waals surface area contributed by atoms with Gasteiger partial charge in [0.2, 0.25) is 11.8 Å². The molecule has 7 nitrogen and oxygen atoms in total. The van der Waals surface area contributed by atoms with E-state index in [9.17, 15) is 9.59 Å². The van der Waals surface area contributed by atoms with E-state index >= 15 is 0 Å². The molecule has 3 aromatic rings. The summed E-state index contributed by atoms with van der Waals surface area (Å²) >= 11 is 1.62. The smallest absolute Gasteiger partial charge is 0.240 e. The maximum atomic E-state index is 13.9. The first kappa shape index (κ1) is 28.4. The minimum Gasteiger partial charge on any atom is -0.376 e. The maximum absolute atomic E-state index is 13.9. The second kappa shape index (κ2) is 11.4. The maximum Gasteiger partial charge on any atom is 0.240 e. The van der Waals surface area contributed by atoms with Crippen molar-refractivity contribution >= 4 is 29.4 Å². The van der Waals surface area contributed by atoms with E-state index in [1.807, 2.05) is 10.7 Å². The number of carbonyl (C=O) groups excluding carboxylic acids is 2. The summed E-state index contributed by atoms with van der Waals surface area (Å²) in [5, 5.41) is 8.14. The third kappa shape index (κ3) is 5.70. The number of nitrogens with zero attached hydrogens (tertiary/aromatic N) is 3. The van der Waals surface area contributed by atoms with Crippen molar-refractivity contribution in [1.82, 2.24) is 15.1 Å². The highest BCUT2D eigenvalue weighted by Crippen LogP contribution is 2.49. The van der Waals surface area contributed by atoms with Crippen LogP contribution >= 0.6 is 11.8 Å². The van der Waals surface area contributed by atoms with Crippen molar-refractivity contribution in [1.29, 1.82) is 0 Å². The van der Waals surface area contributed by atoms with Crippen LogP contribution in [0.3, 0.4) is 0 Å². The zero-order chi connectivity index (χ0) is 28.6. The molecule has 0 spiro atoms. The summed E-state index contributed by atoms with van der Waals surface area (Å²) < 4.78 is 7.60. The Balaban J connectivity index is 1.68. The summed E-state index contributed by atoms with van der Waals surface area (Å²) in [6, 6.07) is 14.6. The molecule has 0 saturated carbocycles. The first-order chi connectivity index (χ1) is 19.0. The molecule has 2 aliphatic heterocycles. The molecule has 2 aromatic carbocycles. The molecule has 1 saturated heterocycles. The summed E-state index contributed by atoms with van der Waals surface area (Å²) in [6.45, 7) is 13.9. The highest BCUT2D eigenvalue weighted by Gasteiger charge is 2.40. The number of ether oxygens (including phenoxy) is 1. The van der Waals surface area contributed by atoms with Crippen molar-refractivity contribution in [2.75, 3.05) is 30.3 Å². The van der Waals surface area contributed by atoms with Gasteiger partial charge in [0.1, 0.15) is 12.4 Å². The summed E-state index contributed by atoms with van der Waals surface area (Å²) in [5.41, 5.74) is 7.10. The van der Waals surface area contributed by atoms with Crippen molar-refractivity contribution in [2.45, 2.75) is 71.2 Å². The molecule has 212 valence electrons. The average molecular weight is 561 g/mol. The van der Waals surface area contributed by atoms with Gasteiger partial charge in [0.15, 0.2) is 0 Å². The lowest BCUT2D eigenvalue weighted by atomic mass is 9.86. The highest BCUT2D eigenvalue weighted by atomic mass is 32.2. The van der Waals surface area contributed by atoms with Crippen molar-refractivity contribution in [2.24, 2.45) is 0 Å². The molecule has 0 bridgehead atoms. The molecule has 5 rings (SSSR count). The molecule has 2 amide bonds. The zero-order valence-corrected chi connectivity index (χ0v) is 25.2. The summed E-state index contributed by atoms with van der Waals surface area (Å²) in [4.78, 5) is 28.8. The van der Waals surface area contributed by atoms with Crippen LogP contribution in [0.25, 0.3) is 5.69 Å². The van der Waals surface area contributed by atoms with Gasteiger partial charge in [-0.25, -0.2) is 4.68 Å². The van der Waals surface area contributed by atoms with Gasteiger partial charge in [0.25, 0.3) is 0 Å². The molecular formula is C32H40N4O3S. The largest absolute Gasteiger partial charge is 0.376 e. The Kier molecular flexibility index (Phi) is 8.11. The standard InChI is InChI=1S/C32H40N4O3S/c1-20-13-14-25(22(3)16-20)36-31-28(30(34-36)32(4,5)6)29(24-12-8-7-10-21(24)2)40-19-27(38)35(31)18-26(37)33-17-23-11-9-15-39-23/h7-8,10,12-14,16,23,29H,9,11,15,17-19H2,1-6H3,(H,33,37). The lowest BCUT2D eigenvalue weighted by Crippen LogP contribution is -2.44. The number of rotatable bonds is 6. The summed E-state index contributed by atoms with van der Waals surface area (Å²) in [5.74, 6) is 0.664. The molecule has 40 heavy (non-hydrogen) atoms. The van der Waals surface area contributed by atoms with Crippen LogP contribution < -0.4 is 10.2 Å². The van der Waals surface area contributed by atoms with E-state index < -0.39 is 0 Å². The van der Waals surface area contributed by atoms with Crippen LogP contribution in [0, 0.1) is 20.8 Å². The number of amides is 2. The fourth-order valence-electron chi connectivity index (χ4n) is 5.64. The molecule has 2 aliphatic rings. The van der Waals surface area contributed by atoms with Crippen LogP contribution in [0.2, 0.25) is 0 Å². The monoisotopic (exact) mass is 560 g/mol. The van der Waals surface area contributed by atoms with Gasteiger partial charge in [-0.05, 0) is 56.4 Å². The Labute approximate surface area is 241 Å². The van der Waals surface area contributed by atoms with Crippen LogP contribution in [0.15, 0.2) is 42.5 Å². The van der Waals surface area contributed by atoms with Crippen LogP contribution in [-0.2, 0) is 19.7 Å². The molecule has 1 N–H and O–H groups in total. The number of aromatic nitrogens is 2. The number of benzene rings is 2. The molecule has 3 heterocycles. The Morgan fingerprint density at radius 1 is 1.12 bits per heavy atom. The van der Waals surface area contributed by atoms with Crippen molar-refractivity contribution in [3.05, 3.63) is 76.0 Å².